The number of hydrogen-bond donors (Lipinski definition) is 1. The Balaban J connectivity index is 1.13. The standard InChI is InChI=1S/C22H24N4O4/c23-10-15-3-4-20-16(7-15)8-17(13-29-20)24-22(27)19-9-21-26(25-19)11-18(30-21)5-6-28-12-14-1-2-14/h3-4,7,9,14,17-18H,1-2,5-6,8,11-13H2,(H,24,27)/t17-,18-/m1/s1. The molecule has 1 saturated carbocycles. The highest BCUT2D eigenvalue weighted by Gasteiger charge is 2.29. The first-order valence-corrected chi connectivity index (χ1v) is 10.5. The van der Waals surface area contributed by atoms with Crippen molar-refractivity contribution in [3.05, 3.63) is 41.1 Å². The summed E-state index contributed by atoms with van der Waals surface area (Å²) in [7, 11) is 0. The van der Waals surface area contributed by atoms with Crippen LogP contribution < -0.4 is 14.8 Å². The summed E-state index contributed by atoms with van der Waals surface area (Å²) in [6.45, 7) is 2.56. The van der Waals surface area contributed by atoms with Crippen LogP contribution in [-0.4, -0.2) is 47.7 Å². The third-order valence-electron chi connectivity index (χ3n) is 5.71. The Kier molecular flexibility index (Phi) is 5.05. The Bertz CT molecular complexity index is 968. The number of nitrogens with zero attached hydrogens (tertiary/aromatic N) is 3. The van der Waals surface area contributed by atoms with E-state index < -0.39 is 0 Å². The summed E-state index contributed by atoms with van der Waals surface area (Å²) in [5.74, 6) is 1.90. The molecular formula is C22H24N4O4. The summed E-state index contributed by atoms with van der Waals surface area (Å²) in [6.07, 6.45) is 4.06. The van der Waals surface area contributed by atoms with E-state index in [0.29, 0.717) is 43.3 Å². The molecule has 0 spiro atoms. The second kappa shape index (κ2) is 8.00. The van der Waals surface area contributed by atoms with E-state index in [-0.39, 0.29) is 18.1 Å². The van der Waals surface area contributed by atoms with Gasteiger partial charge in [0, 0.05) is 19.1 Å². The minimum Gasteiger partial charge on any atom is -0.491 e. The summed E-state index contributed by atoms with van der Waals surface area (Å²) in [5.41, 5.74) is 1.84. The first kappa shape index (κ1) is 18.9. The number of aromatic nitrogens is 2. The van der Waals surface area contributed by atoms with Gasteiger partial charge in [0.1, 0.15) is 18.5 Å². The highest BCUT2D eigenvalue weighted by atomic mass is 16.5. The fourth-order valence-corrected chi connectivity index (χ4v) is 3.85. The minimum atomic E-state index is -0.252. The molecule has 1 fully saturated rings. The molecule has 1 aromatic carbocycles. The van der Waals surface area contributed by atoms with Gasteiger partial charge in [-0.1, -0.05) is 0 Å². The van der Waals surface area contributed by atoms with Crippen LogP contribution in [0.2, 0.25) is 0 Å². The molecule has 2 atom stereocenters. The van der Waals surface area contributed by atoms with E-state index >= 15 is 0 Å². The number of nitriles is 1. The summed E-state index contributed by atoms with van der Waals surface area (Å²) < 4.78 is 19.1. The summed E-state index contributed by atoms with van der Waals surface area (Å²) in [6, 6.07) is 8.98. The average molecular weight is 408 g/mol. The van der Waals surface area contributed by atoms with E-state index in [9.17, 15) is 4.79 Å². The van der Waals surface area contributed by atoms with Crippen LogP contribution in [0.4, 0.5) is 0 Å². The predicted molar refractivity (Wildman–Crippen MR) is 106 cm³/mol. The predicted octanol–water partition coefficient (Wildman–Crippen LogP) is 2.07. The molecule has 0 saturated heterocycles. The van der Waals surface area contributed by atoms with Crippen molar-refractivity contribution < 1.29 is 19.0 Å². The lowest BCUT2D eigenvalue weighted by molar-refractivity contribution is 0.0893. The second-order valence-corrected chi connectivity index (χ2v) is 8.22. The molecule has 1 amide bonds. The largest absolute Gasteiger partial charge is 0.491 e. The molecule has 2 aliphatic heterocycles. The van der Waals surface area contributed by atoms with E-state index in [0.717, 1.165) is 30.3 Å². The Hall–Kier alpha value is -3.05. The molecule has 8 heteroatoms. The quantitative estimate of drug-likeness (QED) is 0.705. The van der Waals surface area contributed by atoms with Crippen LogP contribution in [0.1, 0.15) is 40.9 Å². The smallest absolute Gasteiger partial charge is 0.272 e. The van der Waals surface area contributed by atoms with Gasteiger partial charge in [0.2, 0.25) is 5.88 Å². The molecule has 5 rings (SSSR count). The van der Waals surface area contributed by atoms with E-state index in [1.807, 2.05) is 0 Å². The summed E-state index contributed by atoms with van der Waals surface area (Å²) in [5, 5.41) is 16.4. The van der Waals surface area contributed by atoms with Gasteiger partial charge in [-0.3, -0.25) is 4.79 Å². The number of hydrogen-bond acceptors (Lipinski definition) is 6. The van der Waals surface area contributed by atoms with Crippen molar-refractivity contribution in [3.63, 3.8) is 0 Å². The van der Waals surface area contributed by atoms with E-state index in [1.165, 1.54) is 12.8 Å². The lowest BCUT2D eigenvalue weighted by atomic mass is 10.0. The van der Waals surface area contributed by atoms with Crippen molar-refractivity contribution in [2.24, 2.45) is 5.92 Å². The number of benzene rings is 1. The Morgan fingerprint density at radius 3 is 3.07 bits per heavy atom. The number of fused-ring (bicyclic) bond motifs is 2. The molecular weight excluding hydrogens is 384 g/mol. The van der Waals surface area contributed by atoms with Gasteiger partial charge in [-0.15, -0.1) is 0 Å². The van der Waals surface area contributed by atoms with Gasteiger partial charge in [-0.25, -0.2) is 4.68 Å². The number of amides is 1. The third kappa shape index (κ3) is 4.12. The van der Waals surface area contributed by atoms with Gasteiger partial charge < -0.3 is 19.5 Å². The van der Waals surface area contributed by atoms with E-state index in [4.69, 9.17) is 19.5 Å². The SMILES string of the molecule is N#Cc1ccc2c(c1)C[C@@H](NC(=O)c1cc3n(n1)C[C@@H](CCOCC1CC1)O3)CO2. The maximum Gasteiger partial charge on any atom is 0.272 e. The summed E-state index contributed by atoms with van der Waals surface area (Å²) in [4.78, 5) is 12.6. The van der Waals surface area contributed by atoms with Crippen molar-refractivity contribution >= 4 is 5.91 Å². The van der Waals surface area contributed by atoms with Gasteiger partial charge in [-0.2, -0.15) is 10.4 Å². The third-order valence-corrected chi connectivity index (χ3v) is 5.71. The Labute approximate surface area is 174 Å². The van der Waals surface area contributed by atoms with Gasteiger partial charge in [-0.05, 0) is 48.9 Å². The highest BCUT2D eigenvalue weighted by Crippen LogP contribution is 2.29. The minimum absolute atomic E-state index is 0.0430. The van der Waals surface area contributed by atoms with Crippen molar-refractivity contribution in [3.8, 4) is 17.7 Å². The monoisotopic (exact) mass is 408 g/mol. The molecule has 8 nitrogen and oxygen atoms in total. The molecule has 3 heterocycles. The zero-order valence-electron chi connectivity index (χ0n) is 16.7. The van der Waals surface area contributed by atoms with Crippen LogP contribution in [0.15, 0.2) is 24.3 Å². The second-order valence-electron chi connectivity index (χ2n) is 8.22. The number of rotatable bonds is 7. The van der Waals surface area contributed by atoms with E-state index in [2.05, 4.69) is 16.5 Å². The van der Waals surface area contributed by atoms with Crippen molar-refractivity contribution in [1.29, 1.82) is 5.26 Å². The lowest BCUT2D eigenvalue weighted by Gasteiger charge is -2.26. The fraction of sp³-hybridized carbons (Fsp3) is 0.500. The number of ether oxygens (including phenoxy) is 3. The van der Waals surface area contributed by atoms with Gasteiger partial charge in [0.15, 0.2) is 5.69 Å². The Morgan fingerprint density at radius 2 is 2.27 bits per heavy atom. The zero-order valence-corrected chi connectivity index (χ0v) is 16.7. The Morgan fingerprint density at radius 1 is 1.37 bits per heavy atom. The maximum absolute atomic E-state index is 12.6. The molecule has 2 aromatic rings. The van der Waals surface area contributed by atoms with Crippen LogP contribution in [0.5, 0.6) is 11.6 Å². The number of nitrogens with one attached hydrogen (secondary N) is 1. The zero-order chi connectivity index (χ0) is 20.5. The molecule has 1 aliphatic carbocycles. The topological polar surface area (TPSA) is 98.4 Å². The first-order chi connectivity index (χ1) is 14.7. The molecule has 30 heavy (non-hydrogen) atoms. The van der Waals surface area contributed by atoms with E-state index in [1.54, 1.807) is 28.9 Å². The average Bonchev–Trinajstić information content (AvgIpc) is 3.37. The lowest BCUT2D eigenvalue weighted by Crippen LogP contribution is -2.43. The van der Waals surface area contributed by atoms with Crippen molar-refractivity contribution in [2.45, 2.75) is 44.4 Å². The number of carbonyl (C=O) groups is 1. The normalized spacial score (nSPS) is 21.7. The molecule has 0 unspecified atom stereocenters. The van der Waals surface area contributed by atoms with Crippen LogP contribution in [0.25, 0.3) is 0 Å². The molecule has 1 aromatic heterocycles. The van der Waals surface area contributed by atoms with Crippen molar-refractivity contribution in [2.75, 3.05) is 19.8 Å². The van der Waals surface area contributed by atoms with Gasteiger partial charge in [0.25, 0.3) is 5.91 Å². The molecule has 0 radical (unpaired) electrons. The number of carbonyl (C=O) groups excluding carboxylic acids is 1. The first-order valence-electron chi connectivity index (χ1n) is 10.5. The van der Waals surface area contributed by atoms with Crippen LogP contribution in [0.3, 0.4) is 0 Å². The summed E-state index contributed by atoms with van der Waals surface area (Å²) >= 11 is 0. The van der Waals surface area contributed by atoms with Crippen LogP contribution >= 0.6 is 0 Å². The fourth-order valence-electron chi connectivity index (χ4n) is 3.85. The maximum atomic E-state index is 12.6. The molecule has 1 N–H and O–H groups in total. The van der Waals surface area contributed by atoms with Crippen LogP contribution in [0, 0.1) is 17.2 Å². The van der Waals surface area contributed by atoms with Crippen LogP contribution in [-0.2, 0) is 17.7 Å². The van der Waals surface area contributed by atoms with Gasteiger partial charge in [0.05, 0.1) is 30.8 Å². The highest BCUT2D eigenvalue weighted by molar-refractivity contribution is 5.92. The molecule has 0 bridgehead atoms. The van der Waals surface area contributed by atoms with Crippen molar-refractivity contribution in [1.82, 2.24) is 15.1 Å². The molecule has 3 aliphatic rings. The molecule has 156 valence electrons. The van der Waals surface area contributed by atoms with Gasteiger partial charge >= 0.3 is 0 Å².